The van der Waals surface area contributed by atoms with Gasteiger partial charge in [-0.1, -0.05) is 19.1 Å². The Morgan fingerprint density at radius 3 is 2.33 bits per heavy atom. The highest BCUT2D eigenvalue weighted by molar-refractivity contribution is 5.78. The van der Waals surface area contributed by atoms with E-state index in [-0.39, 0.29) is 18.1 Å². The van der Waals surface area contributed by atoms with Crippen molar-refractivity contribution in [1.29, 1.82) is 0 Å². The zero-order valence-corrected chi connectivity index (χ0v) is 11.7. The number of benzene rings is 1. The van der Waals surface area contributed by atoms with E-state index in [1.165, 1.54) is 0 Å². The minimum absolute atomic E-state index is 0.0712. The van der Waals surface area contributed by atoms with E-state index in [1.54, 1.807) is 0 Å². The molecule has 3 nitrogen and oxygen atoms in total. The molecule has 0 saturated heterocycles. The first-order chi connectivity index (χ1) is 8.51. The molecule has 0 aliphatic carbocycles. The quantitative estimate of drug-likeness (QED) is 0.841. The van der Waals surface area contributed by atoms with Gasteiger partial charge in [-0.05, 0) is 44.9 Å². The van der Waals surface area contributed by atoms with Gasteiger partial charge in [-0.2, -0.15) is 0 Å². The number of hydrogen-bond donors (Lipinski definition) is 1. The Morgan fingerprint density at radius 2 is 1.83 bits per heavy atom. The van der Waals surface area contributed by atoms with Gasteiger partial charge in [0, 0.05) is 6.04 Å². The van der Waals surface area contributed by atoms with Gasteiger partial charge in [0.05, 0.1) is 12.5 Å². The summed E-state index contributed by atoms with van der Waals surface area (Å²) in [5.41, 5.74) is 1.01. The van der Waals surface area contributed by atoms with E-state index in [4.69, 9.17) is 4.74 Å². The molecule has 18 heavy (non-hydrogen) atoms. The highest BCUT2D eigenvalue weighted by Crippen LogP contribution is 2.14. The number of amides is 1. The molecule has 1 atom stereocenters. The van der Waals surface area contributed by atoms with Gasteiger partial charge < -0.3 is 10.1 Å². The van der Waals surface area contributed by atoms with Crippen molar-refractivity contribution < 1.29 is 9.53 Å². The van der Waals surface area contributed by atoms with Gasteiger partial charge in [0.25, 0.3) is 0 Å². The Bertz CT molecular complexity index is 371. The van der Waals surface area contributed by atoms with Crippen LogP contribution in [0.3, 0.4) is 0 Å². The molecule has 0 radical (unpaired) electrons. The van der Waals surface area contributed by atoms with E-state index in [0.717, 1.165) is 17.7 Å². The third kappa shape index (κ3) is 5.21. The fourth-order valence-corrected chi connectivity index (χ4v) is 1.57. The molecule has 0 aromatic heterocycles. The molecule has 1 N–H and O–H groups in total. The van der Waals surface area contributed by atoms with Crippen LogP contribution in [0.1, 0.15) is 39.7 Å². The van der Waals surface area contributed by atoms with Crippen molar-refractivity contribution in [3.63, 3.8) is 0 Å². The third-order valence-corrected chi connectivity index (χ3v) is 2.68. The minimum Gasteiger partial charge on any atom is -0.491 e. The Morgan fingerprint density at radius 1 is 1.22 bits per heavy atom. The monoisotopic (exact) mass is 249 g/mol. The fourth-order valence-electron chi connectivity index (χ4n) is 1.57. The smallest absolute Gasteiger partial charge is 0.224 e. The molecule has 0 aliphatic rings. The molecule has 1 rings (SSSR count). The van der Waals surface area contributed by atoms with E-state index in [1.807, 2.05) is 45.0 Å². The Hall–Kier alpha value is -1.51. The third-order valence-electron chi connectivity index (χ3n) is 2.68. The van der Waals surface area contributed by atoms with E-state index in [0.29, 0.717) is 6.42 Å². The maximum absolute atomic E-state index is 11.7. The lowest BCUT2D eigenvalue weighted by Gasteiger charge is -2.12. The summed E-state index contributed by atoms with van der Waals surface area (Å²) >= 11 is 0. The number of rotatable bonds is 6. The SMILES string of the molecule is CCC(C)NC(=O)Cc1ccc(OC(C)C)cc1. The summed E-state index contributed by atoms with van der Waals surface area (Å²) in [6, 6.07) is 7.93. The van der Waals surface area contributed by atoms with Crippen molar-refractivity contribution in [2.45, 2.75) is 52.7 Å². The Labute approximate surface area is 110 Å². The van der Waals surface area contributed by atoms with Crippen LogP contribution in [0, 0.1) is 0 Å². The van der Waals surface area contributed by atoms with Crippen molar-refractivity contribution in [2.75, 3.05) is 0 Å². The van der Waals surface area contributed by atoms with E-state index in [2.05, 4.69) is 12.2 Å². The van der Waals surface area contributed by atoms with Gasteiger partial charge >= 0.3 is 0 Å². The highest BCUT2D eigenvalue weighted by Gasteiger charge is 2.06. The summed E-state index contributed by atoms with van der Waals surface area (Å²) in [6.45, 7) is 8.06. The number of nitrogens with one attached hydrogen (secondary N) is 1. The molecule has 0 bridgehead atoms. The average molecular weight is 249 g/mol. The standard InChI is InChI=1S/C15H23NO2/c1-5-12(4)16-15(17)10-13-6-8-14(9-7-13)18-11(2)3/h6-9,11-12H,5,10H2,1-4H3,(H,16,17). The molecule has 0 saturated carbocycles. The summed E-state index contributed by atoms with van der Waals surface area (Å²) in [7, 11) is 0. The Balaban J connectivity index is 2.50. The van der Waals surface area contributed by atoms with E-state index >= 15 is 0 Å². The molecule has 3 heteroatoms. The van der Waals surface area contributed by atoms with Crippen molar-refractivity contribution >= 4 is 5.91 Å². The summed E-state index contributed by atoms with van der Waals surface area (Å²) in [5, 5.41) is 2.95. The van der Waals surface area contributed by atoms with Gasteiger partial charge in [0.2, 0.25) is 5.91 Å². The molecule has 0 aliphatic heterocycles. The normalized spacial score (nSPS) is 12.3. The van der Waals surface area contributed by atoms with Gasteiger partial charge in [0.15, 0.2) is 0 Å². The molecule has 1 unspecified atom stereocenters. The van der Waals surface area contributed by atoms with Crippen LogP contribution in [0.25, 0.3) is 0 Å². The highest BCUT2D eigenvalue weighted by atomic mass is 16.5. The van der Waals surface area contributed by atoms with E-state index in [9.17, 15) is 4.79 Å². The lowest BCUT2D eigenvalue weighted by atomic mass is 10.1. The first-order valence-corrected chi connectivity index (χ1v) is 6.56. The van der Waals surface area contributed by atoms with Crippen LogP contribution in [0.15, 0.2) is 24.3 Å². The molecule has 100 valence electrons. The second-order valence-corrected chi connectivity index (χ2v) is 4.86. The van der Waals surface area contributed by atoms with Gasteiger partial charge in [-0.15, -0.1) is 0 Å². The second kappa shape index (κ2) is 7.04. The van der Waals surface area contributed by atoms with Crippen molar-refractivity contribution in [3.8, 4) is 5.75 Å². The maximum atomic E-state index is 11.7. The lowest BCUT2D eigenvalue weighted by Crippen LogP contribution is -2.33. The molecule has 1 aromatic carbocycles. The first-order valence-electron chi connectivity index (χ1n) is 6.56. The summed E-state index contributed by atoms with van der Waals surface area (Å²) in [6.07, 6.45) is 1.55. The largest absolute Gasteiger partial charge is 0.491 e. The first kappa shape index (κ1) is 14.6. The zero-order valence-electron chi connectivity index (χ0n) is 11.7. The topological polar surface area (TPSA) is 38.3 Å². The molecule has 0 fully saturated rings. The second-order valence-electron chi connectivity index (χ2n) is 4.86. The van der Waals surface area contributed by atoms with Crippen molar-refractivity contribution in [3.05, 3.63) is 29.8 Å². The minimum atomic E-state index is 0.0712. The molecular weight excluding hydrogens is 226 g/mol. The number of ether oxygens (including phenoxy) is 1. The number of hydrogen-bond acceptors (Lipinski definition) is 2. The summed E-state index contributed by atoms with van der Waals surface area (Å²) in [4.78, 5) is 11.7. The van der Waals surface area contributed by atoms with Gasteiger partial charge in [-0.3, -0.25) is 4.79 Å². The average Bonchev–Trinajstić information content (AvgIpc) is 2.30. The number of carbonyl (C=O) groups is 1. The van der Waals surface area contributed by atoms with Crippen LogP contribution in [0.2, 0.25) is 0 Å². The molecular formula is C15H23NO2. The molecule has 1 amide bonds. The van der Waals surface area contributed by atoms with Crippen LogP contribution in [-0.4, -0.2) is 18.1 Å². The van der Waals surface area contributed by atoms with Crippen LogP contribution in [-0.2, 0) is 11.2 Å². The molecule has 1 aromatic rings. The fraction of sp³-hybridized carbons (Fsp3) is 0.533. The van der Waals surface area contributed by atoms with Crippen LogP contribution >= 0.6 is 0 Å². The molecule has 0 spiro atoms. The van der Waals surface area contributed by atoms with Gasteiger partial charge in [-0.25, -0.2) is 0 Å². The van der Waals surface area contributed by atoms with Crippen molar-refractivity contribution in [1.82, 2.24) is 5.32 Å². The predicted molar refractivity (Wildman–Crippen MR) is 73.8 cm³/mol. The van der Waals surface area contributed by atoms with Crippen LogP contribution < -0.4 is 10.1 Å². The maximum Gasteiger partial charge on any atom is 0.224 e. The lowest BCUT2D eigenvalue weighted by molar-refractivity contribution is -0.121. The summed E-state index contributed by atoms with van der Waals surface area (Å²) in [5.74, 6) is 0.915. The number of carbonyl (C=O) groups excluding carboxylic acids is 1. The van der Waals surface area contributed by atoms with Crippen LogP contribution in [0.5, 0.6) is 5.75 Å². The van der Waals surface area contributed by atoms with Gasteiger partial charge in [0.1, 0.15) is 5.75 Å². The molecule has 0 heterocycles. The van der Waals surface area contributed by atoms with Crippen molar-refractivity contribution in [2.24, 2.45) is 0 Å². The van der Waals surface area contributed by atoms with Crippen LogP contribution in [0.4, 0.5) is 0 Å². The zero-order chi connectivity index (χ0) is 13.5. The Kier molecular flexibility index (Phi) is 5.69. The van der Waals surface area contributed by atoms with E-state index < -0.39 is 0 Å². The predicted octanol–water partition coefficient (Wildman–Crippen LogP) is 2.93. The summed E-state index contributed by atoms with van der Waals surface area (Å²) < 4.78 is 5.56.